The first kappa shape index (κ1) is 13.2. The second-order valence-corrected chi connectivity index (χ2v) is 4.27. The first-order valence-electron chi connectivity index (χ1n) is 6.25. The zero-order valence-corrected chi connectivity index (χ0v) is 10.7. The highest BCUT2D eigenvalue weighted by Gasteiger charge is 2.03. The Morgan fingerprint density at radius 1 is 1.05 bits per heavy atom. The van der Waals surface area contributed by atoms with E-state index in [0.717, 1.165) is 12.0 Å². The normalized spacial score (nSPS) is 10.2. The zero-order valence-electron chi connectivity index (χ0n) is 10.7. The van der Waals surface area contributed by atoms with E-state index in [2.05, 4.69) is 10.3 Å². The molecule has 2 aromatic rings. The Kier molecular flexibility index (Phi) is 4.64. The van der Waals surface area contributed by atoms with Crippen LogP contribution in [-0.2, 0) is 13.0 Å². The Labute approximate surface area is 112 Å². The zero-order chi connectivity index (χ0) is 13.5. The van der Waals surface area contributed by atoms with E-state index >= 15 is 0 Å². The molecule has 0 fully saturated rings. The van der Waals surface area contributed by atoms with Crippen LogP contribution in [0.4, 0.5) is 0 Å². The Balaban J connectivity index is 1.90. The summed E-state index contributed by atoms with van der Waals surface area (Å²) in [6.07, 6.45) is 4.09. The van der Waals surface area contributed by atoms with E-state index in [-0.39, 0.29) is 5.91 Å². The molecular formula is C15H17N3O. The number of nitrogens with zero attached hydrogens (tertiary/aromatic N) is 1. The maximum Gasteiger partial charge on any atom is 0.251 e. The largest absolute Gasteiger partial charge is 0.348 e. The molecule has 1 aromatic carbocycles. The minimum absolute atomic E-state index is 0.0894. The number of hydrogen-bond acceptors (Lipinski definition) is 3. The van der Waals surface area contributed by atoms with Crippen molar-refractivity contribution in [2.75, 3.05) is 6.54 Å². The number of carbonyl (C=O) groups is 1. The summed E-state index contributed by atoms with van der Waals surface area (Å²) < 4.78 is 0. The van der Waals surface area contributed by atoms with Crippen molar-refractivity contribution in [3.05, 3.63) is 65.5 Å². The molecule has 0 bridgehead atoms. The number of hydrogen-bond donors (Lipinski definition) is 2. The van der Waals surface area contributed by atoms with E-state index in [0.29, 0.717) is 18.7 Å². The van der Waals surface area contributed by atoms with Crippen molar-refractivity contribution in [1.29, 1.82) is 0 Å². The Morgan fingerprint density at radius 2 is 1.68 bits per heavy atom. The molecule has 2 rings (SSSR count). The lowest BCUT2D eigenvalue weighted by molar-refractivity contribution is 0.0951. The number of nitrogens with one attached hydrogen (secondary N) is 1. The van der Waals surface area contributed by atoms with Crippen LogP contribution in [0.2, 0.25) is 0 Å². The van der Waals surface area contributed by atoms with Gasteiger partial charge >= 0.3 is 0 Å². The van der Waals surface area contributed by atoms with Crippen LogP contribution in [0.5, 0.6) is 0 Å². The van der Waals surface area contributed by atoms with E-state index in [1.54, 1.807) is 24.5 Å². The van der Waals surface area contributed by atoms with Crippen LogP contribution in [0.3, 0.4) is 0 Å². The average molecular weight is 255 g/mol. The number of aromatic nitrogens is 1. The van der Waals surface area contributed by atoms with Gasteiger partial charge in [0.2, 0.25) is 0 Å². The summed E-state index contributed by atoms with van der Waals surface area (Å²) in [5.74, 6) is -0.0894. The molecule has 0 saturated carbocycles. The van der Waals surface area contributed by atoms with Crippen LogP contribution in [-0.4, -0.2) is 17.4 Å². The topological polar surface area (TPSA) is 68.0 Å². The van der Waals surface area contributed by atoms with Gasteiger partial charge in [-0.05, 0) is 36.2 Å². The number of amides is 1. The van der Waals surface area contributed by atoms with Crippen molar-refractivity contribution in [3.8, 4) is 0 Å². The molecule has 0 aliphatic carbocycles. The smallest absolute Gasteiger partial charge is 0.251 e. The van der Waals surface area contributed by atoms with Gasteiger partial charge in [-0.15, -0.1) is 0 Å². The predicted molar refractivity (Wildman–Crippen MR) is 74.6 cm³/mol. The highest BCUT2D eigenvalue weighted by atomic mass is 16.1. The number of nitrogens with two attached hydrogens (primary N) is 1. The molecule has 0 unspecified atom stereocenters. The molecule has 0 spiro atoms. The van der Waals surface area contributed by atoms with Gasteiger partial charge in [-0.3, -0.25) is 9.78 Å². The van der Waals surface area contributed by atoms with Gasteiger partial charge in [-0.25, -0.2) is 0 Å². The quantitative estimate of drug-likeness (QED) is 0.851. The standard InChI is InChI=1S/C15H17N3O/c16-8-5-12-1-3-13(4-2-12)11-18-15(19)14-6-9-17-10-7-14/h1-4,6-7,9-10H,5,8,11,16H2,(H,18,19). The number of rotatable bonds is 5. The van der Waals surface area contributed by atoms with Crippen molar-refractivity contribution in [3.63, 3.8) is 0 Å². The molecule has 4 heteroatoms. The molecule has 0 radical (unpaired) electrons. The van der Waals surface area contributed by atoms with Crippen LogP contribution >= 0.6 is 0 Å². The number of benzene rings is 1. The van der Waals surface area contributed by atoms with Gasteiger partial charge in [0.25, 0.3) is 5.91 Å². The summed E-state index contributed by atoms with van der Waals surface area (Å²) in [4.78, 5) is 15.7. The highest BCUT2D eigenvalue weighted by molar-refractivity contribution is 5.93. The SMILES string of the molecule is NCCc1ccc(CNC(=O)c2ccncc2)cc1. The van der Waals surface area contributed by atoms with E-state index in [9.17, 15) is 4.79 Å². The molecule has 0 atom stereocenters. The van der Waals surface area contributed by atoms with Crippen LogP contribution in [0.15, 0.2) is 48.8 Å². The molecule has 1 amide bonds. The van der Waals surface area contributed by atoms with Crippen LogP contribution < -0.4 is 11.1 Å². The van der Waals surface area contributed by atoms with Crippen LogP contribution in [0.1, 0.15) is 21.5 Å². The summed E-state index contributed by atoms with van der Waals surface area (Å²) in [5, 5.41) is 2.88. The molecule has 0 aliphatic rings. The molecule has 19 heavy (non-hydrogen) atoms. The predicted octanol–water partition coefficient (Wildman–Crippen LogP) is 1.51. The first-order valence-corrected chi connectivity index (χ1v) is 6.25. The first-order chi connectivity index (χ1) is 9.29. The summed E-state index contributed by atoms with van der Waals surface area (Å²) in [7, 11) is 0. The summed E-state index contributed by atoms with van der Waals surface area (Å²) in [5.41, 5.74) is 8.41. The number of pyridine rings is 1. The lowest BCUT2D eigenvalue weighted by Crippen LogP contribution is -2.22. The summed E-state index contributed by atoms with van der Waals surface area (Å²) >= 11 is 0. The Hall–Kier alpha value is -2.20. The fraction of sp³-hybridized carbons (Fsp3) is 0.200. The van der Waals surface area contributed by atoms with Crippen molar-refractivity contribution in [2.45, 2.75) is 13.0 Å². The molecular weight excluding hydrogens is 238 g/mol. The molecule has 98 valence electrons. The van der Waals surface area contributed by atoms with E-state index in [1.807, 2.05) is 24.3 Å². The fourth-order valence-electron chi connectivity index (χ4n) is 1.78. The lowest BCUT2D eigenvalue weighted by atomic mass is 10.1. The van der Waals surface area contributed by atoms with Gasteiger partial charge in [0, 0.05) is 24.5 Å². The monoisotopic (exact) mass is 255 g/mol. The molecule has 3 N–H and O–H groups in total. The highest BCUT2D eigenvalue weighted by Crippen LogP contribution is 2.05. The van der Waals surface area contributed by atoms with E-state index in [4.69, 9.17) is 5.73 Å². The minimum Gasteiger partial charge on any atom is -0.348 e. The van der Waals surface area contributed by atoms with Gasteiger partial charge in [0.1, 0.15) is 0 Å². The summed E-state index contributed by atoms with van der Waals surface area (Å²) in [6, 6.07) is 11.5. The second kappa shape index (κ2) is 6.66. The van der Waals surface area contributed by atoms with Crippen molar-refractivity contribution in [1.82, 2.24) is 10.3 Å². The third-order valence-electron chi connectivity index (χ3n) is 2.85. The van der Waals surface area contributed by atoms with Crippen molar-refractivity contribution >= 4 is 5.91 Å². The third kappa shape index (κ3) is 3.89. The molecule has 1 aromatic heterocycles. The number of carbonyl (C=O) groups excluding carboxylic acids is 1. The van der Waals surface area contributed by atoms with Crippen LogP contribution in [0.25, 0.3) is 0 Å². The Bertz CT molecular complexity index is 523. The minimum atomic E-state index is -0.0894. The van der Waals surface area contributed by atoms with Gasteiger partial charge in [-0.1, -0.05) is 24.3 Å². The molecule has 4 nitrogen and oxygen atoms in total. The average Bonchev–Trinajstić information content (AvgIpc) is 2.47. The Morgan fingerprint density at radius 3 is 2.32 bits per heavy atom. The van der Waals surface area contributed by atoms with Crippen molar-refractivity contribution < 1.29 is 4.79 Å². The maximum atomic E-state index is 11.8. The van der Waals surface area contributed by atoms with E-state index in [1.165, 1.54) is 5.56 Å². The maximum absolute atomic E-state index is 11.8. The third-order valence-corrected chi connectivity index (χ3v) is 2.85. The lowest BCUT2D eigenvalue weighted by Gasteiger charge is -2.06. The van der Waals surface area contributed by atoms with Gasteiger partial charge in [0.15, 0.2) is 0 Å². The van der Waals surface area contributed by atoms with Gasteiger partial charge < -0.3 is 11.1 Å². The molecule has 0 saturated heterocycles. The second-order valence-electron chi connectivity index (χ2n) is 4.27. The van der Waals surface area contributed by atoms with Gasteiger partial charge in [-0.2, -0.15) is 0 Å². The summed E-state index contributed by atoms with van der Waals surface area (Å²) in [6.45, 7) is 1.17. The molecule has 0 aliphatic heterocycles. The van der Waals surface area contributed by atoms with Gasteiger partial charge in [0.05, 0.1) is 0 Å². The fourth-order valence-corrected chi connectivity index (χ4v) is 1.78. The van der Waals surface area contributed by atoms with E-state index < -0.39 is 0 Å². The molecule has 1 heterocycles. The van der Waals surface area contributed by atoms with Crippen LogP contribution in [0, 0.1) is 0 Å². The van der Waals surface area contributed by atoms with Crippen molar-refractivity contribution in [2.24, 2.45) is 5.73 Å².